The van der Waals surface area contributed by atoms with Crippen molar-refractivity contribution in [3.63, 3.8) is 0 Å². The van der Waals surface area contributed by atoms with E-state index in [-0.39, 0.29) is 5.41 Å². The molecule has 3 aliphatic rings. The Balaban J connectivity index is 0.00000147. The first kappa shape index (κ1) is 27.0. The molecule has 3 aliphatic carbocycles. The van der Waals surface area contributed by atoms with Gasteiger partial charge >= 0.3 is 0 Å². The largest absolute Gasteiger partial charge is 0.356 e. The lowest BCUT2D eigenvalue weighted by molar-refractivity contribution is 0.660. The molecule has 1 unspecified atom stereocenters. The van der Waals surface area contributed by atoms with Gasteiger partial charge in [0.15, 0.2) is 0 Å². The number of benzene rings is 5. The van der Waals surface area contributed by atoms with Crippen molar-refractivity contribution in [3.05, 3.63) is 173 Å². The quantitative estimate of drug-likeness (QED) is 0.233. The van der Waals surface area contributed by atoms with Crippen LogP contribution in [-0.4, -0.2) is 0 Å². The van der Waals surface area contributed by atoms with Gasteiger partial charge in [-0.15, -0.1) is 0 Å². The van der Waals surface area contributed by atoms with E-state index in [0.717, 1.165) is 16.9 Å². The lowest BCUT2D eigenvalue weighted by Crippen LogP contribution is -2.26. The van der Waals surface area contributed by atoms with Gasteiger partial charge in [0.05, 0.1) is 5.41 Å². The van der Waals surface area contributed by atoms with Crippen LogP contribution < -0.4 is 5.32 Å². The Morgan fingerprint density at radius 3 is 1.65 bits per heavy atom. The minimum absolute atomic E-state index is 0.0362. The van der Waals surface area contributed by atoms with Crippen LogP contribution in [0.1, 0.15) is 61.1 Å². The van der Waals surface area contributed by atoms with Gasteiger partial charge < -0.3 is 5.32 Å². The third kappa shape index (κ3) is 3.58. The molecule has 0 aromatic heterocycles. The maximum atomic E-state index is 4.58. The molecule has 0 saturated heterocycles. The summed E-state index contributed by atoms with van der Waals surface area (Å²) in [7, 11) is 0. The van der Waals surface area contributed by atoms with E-state index in [0.29, 0.717) is 0 Å². The number of allylic oxidation sites excluding steroid dienone is 4. The normalized spacial score (nSPS) is 18.7. The van der Waals surface area contributed by atoms with Crippen LogP contribution in [0, 0.1) is 0 Å². The summed E-state index contributed by atoms with van der Waals surface area (Å²) < 4.78 is 0. The van der Waals surface area contributed by atoms with Gasteiger partial charge in [-0.25, -0.2) is 0 Å². The molecule has 0 bridgehead atoms. The fourth-order valence-corrected chi connectivity index (χ4v) is 7.82. The molecular weight excluding hydrogens is 518 g/mol. The molecule has 1 N–H and O–H groups in total. The summed E-state index contributed by atoms with van der Waals surface area (Å²) in [5, 5.41) is 3.78. The monoisotopic (exact) mass is 555 g/mol. The van der Waals surface area contributed by atoms with Crippen molar-refractivity contribution in [2.75, 3.05) is 5.32 Å². The highest BCUT2D eigenvalue weighted by Gasteiger charge is 2.52. The fourth-order valence-electron chi connectivity index (χ4n) is 7.82. The van der Waals surface area contributed by atoms with Crippen molar-refractivity contribution in [3.8, 4) is 22.3 Å². The Hall–Kier alpha value is -4.88. The van der Waals surface area contributed by atoms with Crippen LogP contribution >= 0.6 is 0 Å². The topological polar surface area (TPSA) is 12.0 Å². The zero-order valence-corrected chi connectivity index (χ0v) is 25.5. The summed E-state index contributed by atoms with van der Waals surface area (Å²) in [6, 6.07) is 40.1. The van der Waals surface area contributed by atoms with Gasteiger partial charge in [0.1, 0.15) is 0 Å². The van der Waals surface area contributed by atoms with Crippen molar-refractivity contribution in [2.24, 2.45) is 0 Å². The standard InChI is InChI=1S/C40H31N.C2H6/c1-5-12-33-25(2)28-13-6-10-17-35(28)40(33)36-18-11-8-15-30(36)32-22-20-27(24-38(32)40)41-26-19-21-31-29-14-7-9-16-34(29)39(3,4)37(31)23-26;1-2/h5-24,41H,1-2H2,3-4H3;1-2H3/b33-12+;. The van der Waals surface area contributed by atoms with Gasteiger partial charge in [-0.1, -0.05) is 138 Å². The maximum absolute atomic E-state index is 4.58. The van der Waals surface area contributed by atoms with Crippen molar-refractivity contribution in [1.82, 2.24) is 0 Å². The van der Waals surface area contributed by atoms with Crippen LogP contribution in [0.15, 0.2) is 140 Å². The van der Waals surface area contributed by atoms with Gasteiger partial charge in [-0.05, 0) is 91.0 Å². The summed E-state index contributed by atoms with van der Waals surface area (Å²) in [5.74, 6) is 0. The van der Waals surface area contributed by atoms with Gasteiger partial charge in [-0.2, -0.15) is 0 Å². The maximum Gasteiger partial charge on any atom is 0.0726 e. The van der Waals surface area contributed by atoms with Gasteiger partial charge in [-0.3, -0.25) is 0 Å². The minimum atomic E-state index is -0.424. The van der Waals surface area contributed by atoms with E-state index in [1.54, 1.807) is 0 Å². The van der Waals surface area contributed by atoms with E-state index >= 15 is 0 Å². The highest BCUT2D eigenvalue weighted by Crippen LogP contribution is 2.63. The van der Waals surface area contributed by atoms with Gasteiger partial charge in [0.25, 0.3) is 0 Å². The number of fused-ring (bicyclic) bond motifs is 10. The molecule has 1 spiro atoms. The van der Waals surface area contributed by atoms with Crippen molar-refractivity contribution in [2.45, 2.75) is 38.5 Å². The second-order valence-electron chi connectivity index (χ2n) is 12.0. The van der Waals surface area contributed by atoms with Crippen LogP contribution in [-0.2, 0) is 10.8 Å². The van der Waals surface area contributed by atoms with Gasteiger partial charge in [0.2, 0.25) is 0 Å². The van der Waals surface area contributed by atoms with Crippen LogP contribution in [0.2, 0.25) is 0 Å². The Morgan fingerprint density at radius 2 is 1.02 bits per heavy atom. The summed E-state index contributed by atoms with van der Waals surface area (Å²) >= 11 is 0. The average molecular weight is 556 g/mol. The summed E-state index contributed by atoms with van der Waals surface area (Å²) in [4.78, 5) is 0. The number of rotatable bonds is 3. The number of hydrogen-bond acceptors (Lipinski definition) is 1. The third-order valence-corrected chi connectivity index (χ3v) is 9.59. The van der Waals surface area contributed by atoms with E-state index in [4.69, 9.17) is 0 Å². The Bertz CT molecular complexity index is 1980. The number of hydrogen-bond donors (Lipinski definition) is 1. The molecule has 0 aliphatic heterocycles. The molecule has 0 saturated carbocycles. The molecule has 0 amide bonds. The van der Waals surface area contributed by atoms with Crippen molar-refractivity contribution < 1.29 is 0 Å². The molecule has 1 nitrogen and oxygen atoms in total. The van der Waals surface area contributed by atoms with E-state index in [2.05, 4.69) is 148 Å². The second-order valence-corrected chi connectivity index (χ2v) is 12.0. The first-order chi connectivity index (χ1) is 21.0. The molecule has 8 rings (SSSR count). The Labute approximate surface area is 256 Å². The molecule has 210 valence electrons. The van der Waals surface area contributed by atoms with Crippen LogP contribution in [0.5, 0.6) is 0 Å². The fraction of sp³-hybridized carbons (Fsp3) is 0.143. The number of anilines is 2. The predicted molar refractivity (Wildman–Crippen MR) is 184 cm³/mol. The SMILES string of the molecule is C=C/C=C1\C(=C)c2ccccc2C12c1ccccc1-c1ccc(Nc3ccc4c(c3)C(C)(C)c3ccccc3-4)cc12.CC. The highest BCUT2D eigenvalue weighted by atomic mass is 14.9. The average Bonchev–Trinajstić information content (AvgIpc) is 3.57. The zero-order chi connectivity index (χ0) is 29.9. The molecule has 1 atom stereocenters. The molecule has 5 aromatic rings. The summed E-state index contributed by atoms with van der Waals surface area (Å²) in [6.07, 6.45) is 4.07. The van der Waals surface area contributed by atoms with Crippen LogP contribution in [0.4, 0.5) is 11.4 Å². The van der Waals surface area contributed by atoms with Crippen LogP contribution in [0.25, 0.3) is 27.8 Å². The van der Waals surface area contributed by atoms with E-state index in [1.165, 1.54) is 61.2 Å². The molecule has 43 heavy (non-hydrogen) atoms. The van der Waals surface area contributed by atoms with E-state index in [1.807, 2.05) is 19.9 Å². The smallest absolute Gasteiger partial charge is 0.0726 e. The second kappa shape index (κ2) is 9.85. The Morgan fingerprint density at radius 1 is 0.558 bits per heavy atom. The zero-order valence-electron chi connectivity index (χ0n) is 25.5. The van der Waals surface area contributed by atoms with E-state index in [9.17, 15) is 0 Å². The Kier molecular flexibility index (Phi) is 6.18. The molecule has 1 heteroatoms. The predicted octanol–water partition coefficient (Wildman–Crippen LogP) is 11.2. The molecule has 0 heterocycles. The highest BCUT2D eigenvalue weighted by molar-refractivity contribution is 6.00. The third-order valence-electron chi connectivity index (χ3n) is 9.59. The van der Waals surface area contributed by atoms with Gasteiger partial charge in [0, 0.05) is 16.8 Å². The molecule has 5 aromatic carbocycles. The van der Waals surface area contributed by atoms with Crippen molar-refractivity contribution in [1.29, 1.82) is 0 Å². The number of nitrogens with one attached hydrogen (secondary N) is 1. The van der Waals surface area contributed by atoms with Crippen LogP contribution in [0.3, 0.4) is 0 Å². The minimum Gasteiger partial charge on any atom is -0.356 e. The molecular formula is C42H37N. The molecule has 0 fully saturated rings. The summed E-state index contributed by atoms with van der Waals surface area (Å²) in [5.41, 5.74) is 17.1. The first-order valence-electron chi connectivity index (χ1n) is 15.3. The first-order valence-corrected chi connectivity index (χ1v) is 15.3. The molecule has 0 radical (unpaired) electrons. The lowest BCUT2D eigenvalue weighted by atomic mass is 9.70. The van der Waals surface area contributed by atoms with E-state index < -0.39 is 5.41 Å². The summed E-state index contributed by atoms with van der Waals surface area (Å²) in [6.45, 7) is 17.3. The van der Waals surface area contributed by atoms with Crippen molar-refractivity contribution >= 4 is 16.9 Å². The lowest BCUT2D eigenvalue weighted by Gasteiger charge is -2.31.